The average molecular weight is 1250 g/mol. The van der Waals surface area contributed by atoms with E-state index in [0.717, 1.165) is 83.7 Å². The van der Waals surface area contributed by atoms with E-state index >= 15 is 0 Å². The lowest BCUT2D eigenvalue weighted by Crippen LogP contribution is -2.48. The highest BCUT2D eigenvalue weighted by Gasteiger charge is 2.29. The molecule has 2 N–H and O–H groups in total. The van der Waals surface area contributed by atoms with Crippen molar-refractivity contribution in [3.05, 3.63) is 256 Å². The van der Waals surface area contributed by atoms with Gasteiger partial charge in [0, 0.05) is 135 Å². The zero-order valence-corrected chi connectivity index (χ0v) is 52.5. The first-order chi connectivity index (χ1) is 43.8. The minimum absolute atomic E-state index is 0.0109. The van der Waals surface area contributed by atoms with Gasteiger partial charge in [-0.15, -0.1) is 0 Å². The third-order valence-corrected chi connectivity index (χ3v) is 19.8. The molecule has 5 aliphatic heterocycles. The fourth-order valence-corrected chi connectivity index (χ4v) is 14.4. The third kappa shape index (κ3) is 13.8. The number of fused-ring (bicyclic) bond motifs is 6. The molecule has 5 amide bonds. The smallest absolute Gasteiger partial charge is 0.256 e. The number of carbonyl (C=O) groups is 6. The Labute approximate surface area is 536 Å². The van der Waals surface area contributed by atoms with E-state index in [-0.39, 0.29) is 35.3 Å². The Morgan fingerprint density at radius 2 is 0.900 bits per heavy atom. The van der Waals surface area contributed by atoms with Gasteiger partial charge in [0.2, 0.25) is 0 Å². The van der Waals surface area contributed by atoms with Gasteiger partial charge in [-0.25, -0.2) is 0 Å². The summed E-state index contributed by atoms with van der Waals surface area (Å²) in [5.41, 5.74) is 10.8. The van der Waals surface area contributed by atoms with Crippen molar-refractivity contribution in [2.45, 2.75) is 49.3 Å². The number of ether oxygens (including phenoxy) is 1. The number of hydrogen-bond acceptors (Lipinski definition) is 12. The predicted molar refractivity (Wildman–Crippen MR) is 358 cm³/mol. The SMILES string of the molecule is CN(Cc1ccccc1)C(=O)c1ccc2c(c1)NC(=O)c1ccccc1S2.COc1ccc(N2CCN(C(=O)c3ccc4c(c3)NC(=O)c3ccccc3S4)CC2)cc1.Cc1ccc(N2CCN(C(=O)c3ccc4c(c3)CC(=O)c3ccccc3S4)CC2)cc1. The molecule has 9 aromatic carbocycles. The average Bonchev–Trinajstić information content (AvgIpc) is 2.15. The number of anilines is 4. The van der Waals surface area contributed by atoms with Crippen molar-refractivity contribution >= 4 is 93.4 Å². The molecule has 0 bridgehead atoms. The first kappa shape index (κ1) is 60.7. The number of amides is 5. The Kier molecular flexibility index (Phi) is 18.5. The van der Waals surface area contributed by atoms with E-state index in [4.69, 9.17) is 4.74 Å². The lowest BCUT2D eigenvalue weighted by Gasteiger charge is -2.36. The summed E-state index contributed by atoms with van der Waals surface area (Å²) in [6.07, 6.45) is 0.335. The van der Waals surface area contributed by atoms with E-state index < -0.39 is 0 Å². The second-order valence-electron chi connectivity index (χ2n) is 22.3. The Balaban J connectivity index is 0.000000131. The van der Waals surface area contributed by atoms with Crippen LogP contribution in [0.15, 0.2) is 236 Å². The molecule has 0 unspecified atom stereocenters. The van der Waals surface area contributed by atoms with Crippen LogP contribution >= 0.6 is 35.3 Å². The van der Waals surface area contributed by atoms with E-state index in [9.17, 15) is 28.8 Å². The van der Waals surface area contributed by atoms with Crippen LogP contribution in [-0.2, 0) is 13.0 Å². The number of nitrogens with zero attached hydrogens (tertiary/aromatic N) is 5. The maximum atomic E-state index is 13.2. The number of rotatable bonds is 8. The summed E-state index contributed by atoms with van der Waals surface area (Å²) in [5, 5.41) is 5.90. The van der Waals surface area contributed by atoms with Crippen molar-refractivity contribution < 1.29 is 33.5 Å². The van der Waals surface area contributed by atoms with Gasteiger partial charge in [0.25, 0.3) is 29.5 Å². The number of carbonyl (C=O) groups excluding carboxylic acids is 6. The highest BCUT2D eigenvalue weighted by Crippen LogP contribution is 2.42. The number of Topliss-reactive ketones (excluding diaryl/α,β-unsaturated/α-hetero) is 1. The largest absolute Gasteiger partial charge is 0.497 e. The van der Waals surface area contributed by atoms with Gasteiger partial charge in [0.05, 0.1) is 29.6 Å². The van der Waals surface area contributed by atoms with Gasteiger partial charge in [0.1, 0.15) is 5.75 Å². The Morgan fingerprint density at radius 3 is 1.43 bits per heavy atom. The van der Waals surface area contributed by atoms with Crippen molar-refractivity contribution in [1.29, 1.82) is 0 Å². The van der Waals surface area contributed by atoms with Gasteiger partial charge < -0.3 is 39.9 Å². The zero-order valence-electron chi connectivity index (χ0n) is 50.0. The summed E-state index contributed by atoms with van der Waals surface area (Å²) in [6.45, 7) is 8.49. The van der Waals surface area contributed by atoms with Crippen molar-refractivity contribution in [2.24, 2.45) is 0 Å². The van der Waals surface area contributed by atoms with Crippen LogP contribution in [0.2, 0.25) is 0 Å². The number of aryl methyl sites for hydroxylation is 1. The van der Waals surface area contributed by atoms with Gasteiger partial charge in [-0.3, -0.25) is 28.8 Å². The Bertz CT molecular complexity index is 4190. The maximum absolute atomic E-state index is 13.2. The lowest BCUT2D eigenvalue weighted by atomic mass is 10.0. The molecule has 9 aromatic rings. The van der Waals surface area contributed by atoms with Gasteiger partial charge >= 0.3 is 0 Å². The van der Waals surface area contributed by atoms with Gasteiger partial charge in [-0.2, -0.15) is 0 Å². The molecule has 0 aromatic heterocycles. The molecule has 0 saturated carbocycles. The van der Waals surface area contributed by atoms with Crippen LogP contribution < -0.4 is 25.2 Å². The molecule has 0 radical (unpaired) electrons. The van der Waals surface area contributed by atoms with E-state index in [2.05, 4.69) is 51.6 Å². The predicted octanol–water partition coefficient (Wildman–Crippen LogP) is 13.9. The second-order valence-corrected chi connectivity index (χ2v) is 25.5. The third-order valence-electron chi connectivity index (χ3n) is 16.3. The van der Waals surface area contributed by atoms with E-state index in [1.165, 1.54) is 34.8 Å². The highest BCUT2D eigenvalue weighted by molar-refractivity contribution is 8.00. The van der Waals surface area contributed by atoms with Crippen LogP contribution in [0.3, 0.4) is 0 Å². The van der Waals surface area contributed by atoms with Crippen molar-refractivity contribution in [3.63, 3.8) is 0 Å². The zero-order chi connectivity index (χ0) is 62.3. The van der Waals surface area contributed by atoms with Crippen LogP contribution in [0.25, 0.3) is 0 Å². The Morgan fingerprint density at radius 1 is 0.467 bits per heavy atom. The minimum Gasteiger partial charge on any atom is -0.497 e. The molecule has 90 heavy (non-hydrogen) atoms. The topological polar surface area (TPSA) is 152 Å². The van der Waals surface area contributed by atoms with Crippen molar-refractivity contribution in [1.82, 2.24) is 14.7 Å². The van der Waals surface area contributed by atoms with Crippen LogP contribution in [0.5, 0.6) is 5.75 Å². The van der Waals surface area contributed by atoms with Crippen molar-refractivity contribution in [2.75, 3.05) is 86.9 Å². The standard InChI is InChI=1S/C26H24N2O2S.C25H23N3O3S.C22H18N2O2S/c1-18-6-9-21(10-7-18)27-12-14-28(15-13-27)26(30)19-8-11-24-20(16-19)17-23(29)22-4-2-3-5-25(22)31-24;1-31-19-9-7-18(8-10-19)27-12-14-28(15-13-27)25(30)17-6-11-23-21(16-17)26-24(29)20-4-2-3-5-22(20)32-23;1-24(14-15-7-3-2-4-8-15)22(26)16-11-12-20-18(13-16)23-21(25)17-9-5-6-10-19(17)27-20/h2-11,16H,12-15,17H2,1H3;2-11,16H,12-15H2,1H3,(H,26,29);2-13H,14H2,1H3,(H,23,25). The normalized spacial score (nSPS) is 14.6. The summed E-state index contributed by atoms with van der Waals surface area (Å²) in [5.74, 6) is 0.595. The molecular weight excluding hydrogens is 1180 g/mol. The lowest BCUT2D eigenvalue weighted by molar-refractivity contribution is 0.0739. The summed E-state index contributed by atoms with van der Waals surface area (Å²) < 4.78 is 5.23. The fourth-order valence-electron chi connectivity index (χ4n) is 11.3. The number of piperazine rings is 2. The van der Waals surface area contributed by atoms with Crippen LogP contribution in [0.4, 0.5) is 22.7 Å². The minimum atomic E-state index is -0.154. The van der Waals surface area contributed by atoms with Crippen molar-refractivity contribution in [3.8, 4) is 5.75 Å². The molecule has 5 aliphatic rings. The number of ketones is 1. The molecule has 2 fully saturated rings. The summed E-state index contributed by atoms with van der Waals surface area (Å²) in [7, 11) is 3.44. The molecule has 0 aliphatic carbocycles. The number of methoxy groups -OCH3 is 1. The molecular formula is C73H65N7O7S3. The van der Waals surface area contributed by atoms with E-state index in [0.29, 0.717) is 78.3 Å². The first-order valence-electron chi connectivity index (χ1n) is 29.8. The monoisotopic (exact) mass is 1250 g/mol. The molecule has 17 heteroatoms. The first-order valence-corrected chi connectivity index (χ1v) is 32.2. The number of benzene rings is 9. The van der Waals surface area contributed by atoms with Gasteiger partial charge in [0.15, 0.2) is 5.78 Å². The molecule has 452 valence electrons. The second kappa shape index (κ2) is 27.5. The van der Waals surface area contributed by atoms with E-state index in [1.54, 1.807) is 43.0 Å². The van der Waals surface area contributed by atoms with Gasteiger partial charge in [-0.1, -0.05) is 126 Å². The summed E-state index contributed by atoms with van der Waals surface area (Å²) >= 11 is 4.68. The number of hydrogen-bond donors (Lipinski definition) is 2. The molecule has 14 nitrogen and oxygen atoms in total. The number of nitrogens with one attached hydrogen (secondary N) is 2. The maximum Gasteiger partial charge on any atom is 0.256 e. The summed E-state index contributed by atoms with van der Waals surface area (Å²) in [6, 6.07) is 66.0. The van der Waals surface area contributed by atoms with Crippen LogP contribution in [0, 0.1) is 6.92 Å². The van der Waals surface area contributed by atoms with Crippen LogP contribution in [0.1, 0.15) is 78.8 Å². The molecule has 0 spiro atoms. The summed E-state index contributed by atoms with van der Waals surface area (Å²) in [4.78, 5) is 92.8. The fraction of sp³-hybridized carbons (Fsp3) is 0.178. The van der Waals surface area contributed by atoms with Crippen LogP contribution in [-0.4, -0.2) is 117 Å². The molecule has 2 saturated heterocycles. The van der Waals surface area contributed by atoms with E-state index in [1.807, 2.05) is 180 Å². The molecule has 14 rings (SSSR count). The Hall–Kier alpha value is -9.55. The quantitative estimate of drug-likeness (QED) is 0.149. The molecule has 0 atom stereocenters. The highest BCUT2D eigenvalue weighted by atomic mass is 32.2. The molecule has 5 heterocycles. The van der Waals surface area contributed by atoms with Gasteiger partial charge in [-0.05, 0) is 139 Å².